The van der Waals surface area contributed by atoms with E-state index in [0.29, 0.717) is 18.3 Å². The summed E-state index contributed by atoms with van der Waals surface area (Å²) >= 11 is 0. The second kappa shape index (κ2) is 9.56. The Kier molecular flexibility index (Phi) is 6.80. The number of aromatic nitrogens is 1. The third kappa shape index (κ3) is 4.30. The molecule has 5 rings (SSSR count). The molecule has 0 spiro atoms. The standard InChI is InChI=1S/C25H32N2O2.CH4O/c1-16(21-14-26-22-8-3-6-20(25(21)22)17-10-11-17)13-24(29)27-12-4-7-19-18(15-28)5-2-9-23(19)27;1-2/h3,6,8,14-19,23,26H,2,4-5,7,9-13H2,1H3;2H,1H3. The van der Waals surface area contributed by atoms with Gasteiger partial charge in [-0.3, -0.25) is 4.79 Å². The largest absolute Gasteiger partial charge is 0.400 e. The molecular formula is C26H36N2O3. The molecule has 4 atom stereocenters. The third-order valence-corrected chi connectivity index (χ3v) is 7.71. The van der Waals surface area contributed by atoms with Crippen LogP contribution in [-0.4, -0.2) is 46.9 Å². The number of H-pyrrole nitrogens is 1. The van der Waals surface area contributed by atoms with Crippen LogP contribution < -0.4 is 0 Å². The molecule has 2 aromatic rings. The number of nitrogens with one attached hydrogen (secondary N) is 1. The monoisotopic (exact) mass is 424 g/mol. The number of nitrogens with zero attached hydrogens (tertiary/aromatic N) is 1. The van der Waals surface area contributed by atoms with E-state index in [-0.39, 0.29) is 23.8 Å². The highest BCUT2D eigenvalue weighted by Crippen LogP contribution is 2.45. The van der Waals surface area contributed by atoms with Crippen LogP contribution in [0.3, 0.4) is 0 Å². The number of hydrogen-bond donors (Lipinski definition) is 2. The summed E-state index contributed by atoms with van der Waals surface area (Å²) in [6.07, 6.45) is 11.7. The summed E-state index contributed by atoms with van der Waals surface area (Å²) in [5, 5.41) is 8.35. The van der Waals surface area contributed by atoms with Gasteiger partial charge in [0.1, 0.15) is 6.29 Å². The third-order valence-electron chi connectivity index (χ3n) is 7.71. The fourth-order valence-electron chi connectivity index (χ4n) is 6.06. The lowest BCUT2D eigenvalue weighted by molar-refractivity contribution is -0.140. The van der Waals surface area contributed by atoms with Crippen molar-refractivity contribution in [1.82, 2.24) is 9.88 Å². The molecule has 5 nitrogen and oxygen atoms in total. The normalized spacial score (nSPS) is 26.5. The van der Waals surface area contributed by atoms with Gasteiger partial charge in [0.15, 0.2) is 0 Å². The summed E-state index contributed by atoms with van der Waals surface area (Å²) in [7, 11) is 1.00. The van der Waals surface area contributed by atoms with Crippen LogP contribution in [0.1, 0.15) is 81.3 Å². The number of aromatic amines is 1. The van der Waals surface area contributed by atoms with Gasteiger partial charge in [-0.25, -0.2) is 0 Å². The maximum Gasteiger partial charge on any atom is 0.223 e. The zero-order valence-electron chi connectivity index (χ0n) is 18.8. The predicted molar refractivity (Wildman–Crippen MR) is 123 cm³/mol. The lowest BCUT2D eigenvalue weighted by Crippen LogP contribution is -2.52. The number of piperidine rings is 1. The highest BCUT2D eigenvalue weighted by molar-refractivity contribution is 5.89. The molecule has 1 saturated heterocycles. The zero-order chi connectivity index (χ0) is 22.0. The Labute approximate surface area is 185 Å². The summed E-state index contributed by atoms with van der Waals surface area (Å²) in [5.41, 5.74) is 3.94. The Morgan fingerprint density at radius 1 is 1.19 bits per heavy atom. The summed E-state index contributed by atoms with van der Waals surface area (Å²) in [6.45, 7) is 3.06. The number of aliphatic hydroxyl groups is 1. The topological polar surface area (TPSA) is 73.4 Å². The Balaban J connectivity index is 0.00000112. The number of carbonyl (C=O) groups excluding carboxylic acids is 2. The summed E-state index contributed by atoms with van der Waals surface area (Å²) in [6, 6.07) is 6.84. The molecule has 0 bridgehead atoms. The Bertz CT molecular complexity index is 917. The first kappa shape index (κ1) is 22.1. The van der Waals surface area contributed by atoms with Crippen LogP contribution >= 0.6 is 0 Å². The van der Waals surface area contributed by atoms with Crippen LogP contribution in [0.15, 0.2) is 24.4 Å². The van der Waals surface area contributed by atoms with E-state index in [1.54, 1.807) is 0 Å². The number of likely N-dealkylation sites (tertiary alicyclic amines) is 1. The minimum Gasteiger partial charge on any atom is -0.400 e. The van der Waals surface area contributed by atoms with Crippen molar-refractivity contribution in [3.8, 4) is 0 Å². The molecule has 3 fully saturated rings. The quantitative estimate of drug-likeness (QED) is 0.680. The van der Waals surface area contributed by atoms with E-state index in [4.69, 9.17) is 5.11 Å². The minimum absolute atomic E-state index is 0.150. The van der Waals surface area contributed by atoms with Crippen molar-refractivity contribution in [3.05, 3.63) is 35.5 Å². The van der Waals surface area contributed by atoms with Gasteiger partial charge >= 0.3 is 0 Å². The van der Waals surface area contributed by atoms with E-state index in [1.165, 1.54) is 34.9 Å². The first-order valence-electron chi connectivity index (χ1n) is 12.0. The van der Waals surface area contributed by atoms with Gasteiger partial charge in [-0.15, -0.1) is 0 Å². The molecule has 1 aromatic heterocycles. The van der Waals surface area contributed by atoms with Crippen LogP contribution in [0.2, 0.25) is 0 Å². The van der Waals surface area contributed by atoms with Crippen molar-refractivity contribution in [1.29, 1.82) is 0 Å². The fourth-order valence-corrected chi connectivity index (χ4v) is 6.06. The molecule has 3 aliphatic rings. The molecule has 1 aliphatic heterocycles. The molecule has 2 saturated carbocycles. The highest BCUT2D eigenvalue weighted by Gasteiger charge is 2.40. The first-order valence-corrected chi connectivity index (χ1v) is 12.0. The molecule has 2 aliphatic carbocycles. The van der Waals surface area contributed by atoms with Crippen molar-refractivity contribution in [3.63, 3.8) is 0 Å². The van der Waals surface area contributed by atoms with Gasteiger partial charge < -0.3 is 19.8 Å². The van der Waals surface area contributed by atoms with Crippen LogP contribution in [0.25, 0.3) is 10.9 Å². The highest BCUT2D eigenvalue weighted by atomic mass is 16.2. The van der Waals surface area contributed by atoms with Gasteiger partial charge in [0, 0.05) is 49.1 Å². The van der Waals surface area contributed by atoms with E-state index in [1.807, 2.05) is 0 Å². The number of aldehydes is 1. The number of carbonyl (C=O) groups is 2. The van der Waals surface area contributed by atoms with Gasteiger partial charge in [-0.05, 0) is 73.5 Å². The average Bonchev–Trinajstić information content (AvgIpc) is 3.57. The van der Waals surface area contributed by atoms with Gasteiger partial charge in [0.05, 0.1) is 0 Å². The summed E-state index contributed by atoms with van der Waals surface area (Å²) in [5.74, 6) is 1.70. The van der Waals surface area contributed by atoms with E-state index >= 15 is 0 Å². The van der Waals surface area contributed by atoms with E-state index in [2.05, 4.69) is 41.2 Å². The Morgan fingerprint density at radius 3 is 2.74 bits per heavy atom. The minimum atomic E-state index is 0.150. The average molecular weight is 425 g/mol. The van der Waals surface area contributed by atoms with Crippen molar-refractivity contribution < 1.29 is 14.7 Å². The predicted octanol–water partition coefficient (Wildman–Crippen LogP) is 4.75. The number of hydrogen-bond acceptors (Lipinski definition) is 3. The van der Waals surface area contributed by atoms with Crippen LogP contribution in [0, 0.1) is 11.8 Å². The Morgan fingerprint density at radius 2 is 2.00 bits per heavy atom. The van der Waals surface area contributed by atoms with Crippen molar-refractivity contribution in [2.75, 3.05) is 13.7 Å². The fraction of sp³-hybridized carbons (Fsp3) is 0.615. The van der Waals surface area contributed by atoms with Crippen molar-refractivity contribution >= 4 is 23.1 Å². The number of rotatable bonds is 5. The van der Waals surface area contributed by atoms with Crippen LogP contribution in [-0.2, 0) is 9.59 Å². The lowest BCUT2D eigenvalue weighted by Gasteiger charge is -2.46. The van der Waals surface area contributed by atoms with Gasteiger partial charge in [0.2, 0.25) is 5.91 Å². The molecule has 1 aromatic carbocycles. The Hall–Kier alpha value is -2.14. The molecule has 1 amide bonds. The summed E-state index contributed by atoms with van der Waals surface area (Å²) in [4.78, 5) is 30.5. The first-order chi connectivity index (χ1) is 15.2. The molecule has 5 heteroatoms. The summed E-state index contributed by atoms with van der Waals surface area (Å²) < 4.78 is 0. The number of benzene rings is 1. The number of fused-ring (bicyclic) bond motifs is 2. The van der Waals surface area contributed by atoms with Gasteiger partial charge in [0.25, 0.3) is 0 Å². The van der Waals surface area contributed by atoms with Crippen LogP contribution in [0.4, 0.5) is 0 Å². The molecule has 2 N–H and O–H groups in total. The van der Waals surface area contributed by atoms with Crippen LogP contribution in [0.5, 0.6) is 0 Å². The maximum absolute atomic E-state index is 13.3. The molecular weight excluding hydrogens is 388 g/mol. The molecule has 4 unspecified atom stereocenters. The number of amides is 1. The zero-order valence-corrected chi connectivity index (χ0v) is 18.8. The smallest absolute Gasteiger partial charge is 0.223 e. The van der Waals surface area contributed by atoms with Crippen molar-refractivity contribution in [2.45, 2.75) is 76.2 Å². The second-order valence-corrected chi connectivity index (χ2v) is 9.58. The van der Waals surface area contributed by atoms with Gasteiger partial charge in [-0.1, -0.05) is 25.5 Å². The molecule has 31 heavy (non-hydrogen) atoms. The van der Waals surface area contributed by atoms with E-state index in [0.717, 1.165) is 52.0 Å². The van der Waals surface area contributed by atoms with Gasteiger partial charge in [-0.2, -0.15) is 0 Å². The van der Waals surface area contributed by atoms with Crippen molar-refractivity contribution in [2.24, 2.45) is 11.8 Å². The van der Waals surface area contributed by atoms with E-state index < -0.39 is 0 Å². The lowest BCUT2D eigenvalue weighted by atomic mass is 9.71. The molecule has 168 valence electrons. The molecule has 0 radical (unpaired) electrons. The van der Waals surface area contributed by atoms with E-state index in [9.17, 15) is 9.59 Å². The maximum atomic E-state index is 13.3. The number of aliphatic hydroxyl groups excluding tert-OH is 1. The SMILES string of the molecule is CC(CC(=O)N1CCCC2C(C=O)CCCC21)c1c[nH]c2cccc(C3CC3)c12.CO. The second-order valence-electron chi connectivity index (χ2n) is 9.58. The molecule has 2 heterocycles.